The number of carbonyl (C=O) groups excluding carboxylic acids is 4. The van der Waals surface area contributed by atoms with Crippen molar-refractivity contribution < 1.29 is 48.0 Å². The van der Waals surface area contributed by atoms with E-state index in [-0.39, 0.29) is 30.8 Å². The standard InChI is InChI=1S/C43H65N5O10/c1-12-33-43(8)37(48(41(53)58-43)19-14-13-18-47-23-31(45-24-47)30-16-15-17-44-22-30)27(4)34(49)25(2)21-42(7,54-11)38(28(5)35(50)29(6)39(52)56-33)57-40-36(51)32(46(9)10)20-26(3)55-40/h15-17,22-29,32-33,36-38,40,51H,12-14,18-21H2,1-11H3/t25-,26?,27+,28+,29-,32?,33-,36?,37-,38-,40?,42+,43-/m1/s1. The van der Waals surface area contributed by atoms with Gasteiger partial charge in [-0.05, 0) is 86.0 Å². The zero-order valence-electron chi connectivity index (χ0n) is 36.1. The van der Waals surface area contributed by atoms with Gasteiger partial charge in [0.2, 0.25) is 0 Å². The minimum Gasteiger partial charge on any atom is -0.458 e. The van der Waals surface area contributed by atoms with Crippen LogP contribution in [0.25, 0.3) is 11.3 Å². The Labute approximate surface area is 343 Å². The molecule has 0 aromatic carbocycles. The number of aryl methyl sites for hydroxylation is 1. The Kier molecular flexibility index (Phi) is 14.6. The number of rotatable bonds is 11. The Morgan fingerprint density at radius 2 is 1.72 bits per heavy atom. The Bertz CT molecular complexity index is 1740. The lowest BCUT2D eigenvalue weighted by Gasteiger charge is -2.47. The molecule has 0 saturated carbocycles. The van der Waals surface area contributed by atoms with Crippen LogP contribution in [0, 0.1) is 23.7 Å². The van der Waals surface area contributed by atoms with E-state index in [1.165, 1.54) is 14.0 Å². The lowest BCUT2D eigenvalue weighted by atomic mass is 9.73. The second kappa shape index (κ2) is 18.7. The first-order valence-corrected chi connectivity index (χ1v) is 20.8. The monoisotopic (exact) mass is 811 g/mol. The number of Topliss-reactive ketones (excluding diaryl/α,β-unsaturated/α-hetero) is 2. The van der Waals surface area contributed by atoms with Crippen LogP contribution in [0.15, 0.2) is 37.1 Å². The highest BCUT2D eigenvalue weighted by Gasteiger charge is 2.60. The maximum Gasteiger partial charge on any atom is 0.410 e. The summed E-state index contributed by atoms with van der Waals surface area (Å²) < 4.78 is 33.2. The third-order valence-corrected chi connectivity index (χ3v) is 12.8. The zero-order chi connectivity index (χ0) is 42.7. The van der Waals surface area contributed by atoms with Crippen molar-refractivity contribution in [2.75, 3.05) is 27.7 Å². The van der Waals surface area contributed by atoms with Gasteiger partial charge in [-0.2, -0.15) is 0 Å². The summed E-state index contributed by atoms with van der Waals surface area (Å²) in [5.41, 5.74) is -0.938. The molecule has 2 aromatic heterocycles. The molecule has 3 saturated heterocycles. The predicted molar refractivity (Wildman–Crippen MR) is 214 cm³/mol. The summed E-state index contributed by atoms with van der Waals surface area (Å²) in [5, 5.41) is 11.4. The summed E-state index contributed by atoms with van der Waals surface area (Å²) in [5.74, 6) is -4.95. The summed E-state index contributed by atoms with van der Waals surface area (Å²) in [4.78, 5) is 69.0. The van der Waals surface area contributed by atoms with Crippen molar-refractivity contribution in [1.82, 2.24) is 24.3 Å². The van der Waals surface area contributed by atoms with Gasteiger partial charge in [0.25, 0.3) is 0 Å². The van der Waals surface area contributed by atoms with Gasteiger partial charge in [-0.15, -0.1) is 0 Å². The molecular formula is C43H65N5O10. The molecule has 5 heterocycles. The van der Waals surface area contributed by atoms with E-state index in [0.29, 0.717) is 32.4 Å². The van der Waals surface area contributed by atoms with Crippen LogP contribution in [0.3, 0.4) is 0 Å². The Morgan fingerprint density at radius 1 is 1.02 bits per heavy atom. The highest BCUT2D eigenvalue weighted by atomic mass is 16.7. The molecule has 1 N–H and O–H groups in total. The maximum atomic E-state index is 14.7. The normalized spacial score (nSPS) is 36.7. The van der Waals surface area contributed by atoms with E-state index in [1.54, 1.807) is 51.3 Å². The van der Waals surface area contributed by atoms with Crippen molar-refractivity contribution in [3.63, 3.8) is 0 Å². The molecule has 3 fully saturated rings. The highest BCUT2D eigenvalue weighted by molar-refractivity contribution is 6.00. The number of pyridine rings is 1. The fourth-order valence-corrected chi connectivity index (χ4v) is 9.43. The molecule has 0 aliphatic carbocycles. The number of ketones is 2. The number of imidazole rings is 1. The van der Waals surface area contributed by atoms with Gasteiger partial charge in [0.05, 0.1) is 35.9 Å². The van der Waals surface area contributed by atoms with Crippen molar-refractivity contribution in [2.45, 2.75) is 148 Å². The number of aliphatic hydroxyl groups is 1. The molecule has 3 aliphatic heterocycles. The summed E-state index contributed by atoms with van der Waals surface area (Å²) in [6.07, 6.45) is 4.45. The number of amides is 1. The lowest BCUT2D eigenvalue weighted by Crippen LogP contribution is -2.60. The van der Waals surface area contributed by atoms with Crippen molar-refractivity contribution >= 4 is 23.6 Å². The SMILES string of the molecule is CC[C@H]1OC(=O)[C@H](C)C(=O)[C@H](C)[C@@H](OC2OC(C)CC(N(C)C)C2O)[C@@](C)(OC)C[C@@H](C)C(=O)[C@H](C)[C@H]2N(CCCCn3cnc(-c4cccnc4)c3)C(=O)O[C@]12C. The van der Waals surface area contributed by atoms with Crippen molar-refractivity contribution in [2.24, 2.45) is 23.7 Å². The number of ether oxygens (including phenoxy) is 5. The van der Waals surface area contributed by atoms with Gasteiger partial charge in [-0.3, -0.25) is 19.4 Å². The topological polar surface area (TPSA) is 172 Å². The molecule has 15 heteroatoms. The fourth-order valence-electron chi connectivity index (χ4n) is 9.43. The minimum absolute atomic E-state index is 0.130. The van der Waals surface area contributed by atoms with Gasteiger partial charge >= 0.3 is 12.1 Å². The maximum absolute atomic E-state index is 14.7. The van der Waals surface area contributed by atoms with Crippen molar-refractivity contribution in [1.29, 1.82) is 0 Å². The molecule has 0 spiro atoms. The molecule has 3 aliphatic rings. The molecular weight excluding hydrogens is 746 g/mol. The second-order valence-corrected chi connectivity index (χ2v) is 17.3. The minimum atomic E-state index is -1.40. The molecule has 58 heavy (non-hydrogen) atoms. The number of hydrogen-bond acceptors (Lipinski definition) is 13. The third kappa shape index (κ3) is 9.33. The van der Waals surface area contributed by atoms with Crippen LogP contribution in [0.5, 0.6) is 0 Å². The number of fused-ring (bicyclic) bond motifs is 1. The van der Waals surface area contributed by atoms with Gasteiger partial charge in [-0.1, -0.05) is 27.7 Å². The molecule has 1 amide bonds. The molecule has 5 rings (SSSR count). The molecule has 4 unspecified atom stereocenters. The summed E-state index contributed by atoms with van der Waals surface area (Å²) in [7, 11) is 5.24. The van der Waals surface area contributed by atoms with E-state index in [0.717, 1.165) is 11.3 Å². The number of hydrogen-bond donors (Lipinski definition) is 1. The summed E-state index contributed by atoms with van der Waals surface area (Å²) in [6, 6.07) is 2.74. The smallest absolute Gasteiger partial charge is 0.410 e. The first kappa shape index (κ1) is 45.3. The van der Waals surface area contributed by atoms with E-state index in [4.69, 9.17) is 23.7 Å². The number of aromatic nitrogens is 3. The zero-order valence-corrected chi connectivity index (χ0v) is 36.1. The van der Waals surface area contributed by atoms with Crippen LogP contribution in [-0.4, -0.2) is 135 Å². The van der Waals surface area contributed by atoms with Crippen LogP contribution in [0.1, 0.15) is 87.5 Å². The molecule has 322 valence electrons. The third-order valence-electron chi connectivity index (χ3n) is 12.8. The Morgan fingerprint density at radius 3 is 2.36 bits per heavy atom. The van der Waals surface area contributed by atoms with Crippen LogP contribution >= 0.6 is 0 Å². The lowest BCUT2D eigenvalue weighted by molar-refractivity contribution is -0.295. The van der Waals surface area contributed by atoms with E-state index >= 15 is 0 Å². The fraction of sp³-hybridized carbons (Fsp3) is 0.721. The molecule has 0 radical (unpaired) electrons. The molecule has 13 atom stereocenters. The van der Waals surface area contributed by atoms with E-state index < -0.39 is 83.4 Å². The van der Waals surface area contributed by atoms with Gasteiger partial charge in [0.1, 0.15) is 23.9 Å². The first-order valence-electron chi connectivity index (χ1n) is 20.8. The van der Waals surface area contributed by atoms with Crippen molar-refractivity contribution in [3.8, 4) is 11.3 Å². The van der Waals surface area contributed by atoms with E-state index in [2.05, 4.69) is 9.97 Å². The average molecular weight is 812 g/mol. The van der Waals surface area contributed by atoms with Crippen LogP contribution in [-0.2, 0) is 44.6 Å². The molecule has 0 bridgehead atoms. The Hall–Kier alpha value is -3.76. The van der Waals surface area contributed by atoms with Crippen molar-refractivity contribution in [3.05, 3.63) is 37.1 Å². The van der Waals surface area contributed by atoms with Gasteiger partial charge in [0.15, 0.2) is 17.7 Å². The first-order chi connectivity index (χ1) is 27.4. The molecule has 2 aromatic rings. The average Bonchev–Trinajstić information content (AvgIpc) is 3.78. The summed E-state index contributed by atoms with van der Waals surface area (Å²) >= 11 is 0. The Balaban J connectivity index is 1.43. The quantitative estimate of drug-likeness (QED) is 0.184. The number of nitrogens with zero attached hydrogens (tertiary/aromatic N) is 5. The van der Waals surface area contributed by atoms with Crippen LogP contribution < -0.4 is 0 Å². The van der Waals surface area contributed by atoms with Gasteiger partial charge in [0, 0.05) is 68.1 Å². The largest absolute Gasteiger partial charge is 0.458 e. The van der Waals surface area contributed by atoms with E-state index in [9.17, 15) is 24.3 Å². The number of cyclic esters (lactones) is 1. The number of unbranched alkanes of at least 4 members (excludes halogenated alkanes) is 1. The second-order valence-electron chi connectivity index (χ2n) is 17.3. The van der Waals surface area contributed by atoms with Crippen LogP contribution in [0.4, 0.5) is 4.79 Å². The van der Waals surface area contributed by atoms with Crippen LogP contribution in [0.2, 0.25) is 0 Å². The number of esters is 1. The number of carbonyl (C=O) groups is 4. The van der Waals surface area contributed by atoms with Gasteiger partial charge < -0.3 is 43.2 Å². The molecule has 15 nitrogen and oxygen atoms in total. The van der Waals surface area contributed by atoms with E-state index in [1.807, 2.05) is 62.7 Å². The van der Waals surface area contributed by atoms with Gasteiger partial charge in [-0.25, -0.2) is 9.78 Å². The predicted octanol–water partition coefficient (Wildman–Crippen LogP) is 4.93. The number of aliphatic hydroxyl groups excluding tert-OH is 1. The summed E-state index contributed by atoms with van der Waals surface area (Å²) in [6.45, 7) is 14.9. The number of methoxy groups -OCH3 is 1. The highest BCUT2D eigenvalue weighted by Crippen LogP contribution is 2.43. The number of likely N-dealkylation sites (N-methyl/N-ethyl adjacent to an activating group) is 1.